The molecule has 122 valence electrons. The van der Waals surface area contributed by atoms with E-state index in [0.29, 0.717) is 12.2 Å². The minimum Gasteiger partial charge on any atom is -0.496 e. The van der Waals surface area contributed by atoms with Crippen molar-refractivity contribution in [3.05, 3.63) is 59.1 Å². The van der Waals surface area contributed by atoms with Crippen LogP contribution in [0.15, 0.2) is 53.6 Å². The molecule has 0 fully saturated rings. The molecular formula is C18H18N4O2. The maximum atomic E-state index is 11.9. The summed E-state index contributed by atoms with van der Waals surface area (Å²) in [6, 6.07) is 11.2. The summed E-state index contributed by atoms with van der Waals surface area (Å²) in [4.78, 5) is 16.1. The summed E-state index contributed by atoms with van der Waals surface area (Å²) >= 11 is 0. The lowest BCUT2D eigenvalue weighted by atomic mass is 10.0. The van der Waals surface area contributed by atoms with Crippen LogP contribution in [0.4, 0.5) is 5.69 Å². The highest BCUT2D eigenvalue weighted by molar-refractivity contribution is 5.75. The molecular weight excluding hydrogens is 304 g/mol. The number of benzene rings is 1. The summed E-state index contributed by atoms with van der Waals surface area (Å²) in [5, 5.41) is 4.38. The average molecular weight is 322 g/mol. The SMILES string of the molecule is CCn1nc(-c2cccc(-c3cnccc3OC)c2)cc(N)c1=O. The Labute approximate surface area is 139 Å². The summed E-state index contributed by atoms with van der Waals surface area (Å²) in [6.07, 6.45) is 3.44. The number of ether oxygens (including phenoxy) is 1. The fourth-order valence-corrected chi connectivity index (χ4v) is 2.54. The fraction of sp³-hybridized carbons (Fsp3) is 0.167. The van der Waals surface area contributed by atoms with E-state index in [1.807, 2.05) is 37.3 Å². The normalized spacial score (nSPS) is 10.6. The van der Waals surface area contributed by atoms with Crippen LogP contribution in [0.1, 0.15) is 6.92 Å². The van der Waals surface area contributed by atoms with Gasteiger partial charge in [0.2, 0.25) is 0 Å². The Hall–Kier alpha value is -3.15. The summed E-state index contributed by atoms with van der Waals surface area (Å²) < 4.78 is 6.76. The number of methoxy groups -OCH3 is 1. The predicted molar refractivity (Wildman–Crippen MR) is 93.8 cm³/mol. The van der Waals surface area contributed by atoms with E-state index < -0.39 is 0 Å². The van der Waals surface area contributed by atoms with Gasteiger partial charge in [-0.05, 0) is 30.7 Å². The van der Waals surface area contributed by atoms with Gasteiger partial charge in [0.05, 0.1) is 12.8 Å². The van der Waals surface area contributed by atoms with Crippen molar-refractivity contribution < 1.29 is 4.74 Å². The molecule has 0 spiro atoms. The van der Waals surface area contributed by atoms with Crippen molar-refractivity contribution >= 4 is 5.69 Å². The van der Waals surface area contributed by atoms with Gasteiger partial charge in [-0.2, -0.15) is 5.10 Å². The first-order valence-electron chi connectivity index (χ1n) is 7.60. The van der Waals surface area contributed by atoms with E-state index >= 15 is 0 Å². The Kier molecular flexibility index (Phi) is 4.29. The van der Waals surface area contributed by atoms with Crippen LogP contribution >= 0.6 is 0 Å². The molecule has 0 radical (unpaired) electrons. The fourth-order valence-electron chi connectivity index (χ4n) is 2.54. The van der Waals surface area contributed by atoms with Gasteiger partial charge in [-0.25, -0.2) is 4.68 Å². The van der Waals surface area contributed by atoms with Crippen molar-refractivity contribution in [1.29, 1.82) is 0 Å². The minimum atomic E-state index is -0.272. The molecule has 0 aliphatic rings. The van der Waals surface area contributed by atoms with E-state index in [1.165, 1.54) is 4.68 Å². The zero-order chi connectivity index (χ0) is 17.1. The van der Waals surface area contributed by atoms with E-state index in [2.05, 4.69) is 10.1 Å². The average Bonchev–Trinajstić information content (AvgIpc) is 2.64. The summed E-state index contributed by atoms with van der Waals surface area (Å²) in [7, 11) is 1.63. The Morgan fingerprint density at radius 3 is 2.75 bits per heavy atom. The number of hydrogen-bond donors (Lipinski definition) is 1. The number of rotatable bonds is 4. The molecule has 24 heavy (non-hydrogen) atoms. The third-order valence-corrected chi connectivity index (χ3v) is 3.77. The highest BCUT2D eigenvalue weighted by atomic mass is 16.5. The third-order valence-electron chi connectivity index (χ3n) is 3.77. The summed E-state index contributed by atoms with van der Waals surface area (Å²) in [5.74, 6) is 0.744. The van der Waals surface area contributed by atoms with E-state index in [9.17, 15) is 4.79 Å². The maximum absolute atomic E-state index is 11.9. The third kappa shape index (κ3) is 2.86. The highest BCUT2D eigenvalue weighted by Crippen LogP contribution is 2.31. The number of hydrogen-bond acceptors (Lipinski definition) is 5. The van der Waals surface area contributed by atoms with Gasteiger partial charge in [0.1, 0.15) is 11.4 Å². The molecule has 0 bridgehead atoms. The molecule has 3 rings (SSSR count). The van der Waals surface area contributed by atoms with Gasteiger partial charge in [0.15, 0.2) is 0 Å². The predicted octanol–water partition coefficient (Wildman–Crippen LogP) is 2.58. The summed E-state index contributed by atoms with van der Waals surface area (Å²) in [5.41, 5.74) is 9.10. The lowest BCUT2D eigenvalue weighted by Gasteiger charge is -2.10. The first-order valence-corrected chi connectivity index (χ1v) is 7.60. The maximum Gasteiger partial charge on any atom is 0.289 e. The van der Waals surface area contributed by atoms with Gasteiger partial charge >= 0.3 is 0 Å². The highest BCUT2D eigenvalue weighted by Gasteiger charge is 2.10. The molecule has 0 saturated carbocycles. The lowest BCUT2D eigenvalue weighted by Crippen LogP contribution is -2.24. The van der Waals surface area contributed by atoms with Crippen molar-refractivity contribution in [3.8, 4) is 28.1 Å². The Balaban J connectivity index is 2.12. The van der Waals surface area contributed by atoms with E-state index in [-0.39, 0.29) is 11.2 Å². The topological polar surface area (TPSA) is 83.0 Å². The van der Waals surface area contributed by atoms with Crippen molar-refractivity contribution in [2.75, 3.05) is 12.8 Å². The summed E-state index contributed by atoms with van der Waals surface area (Å²) in [6.45, 7) is 2.32. The second-order valence-electron chi connectivity index (χ2n) is 5.26. The Morgan fingerprint density at radius 1 is 1.21 bits per heavy atom. The molecule has 0 saturated heterocycles. The lowest BCUT2D eigenvalue weighted by molar-refractivity contribution is 0.416. The van der Waals surface area contributed by atoms with Crippen LogP contribution < -0.4 is 16.0 Å². The molecule has 2 heterocycles. The number of nitrogens with zero attached hydrogens (tertiary/aromatic N) is 3. The van der Waals surface area contributed by atoms with Crippen molar-refractivity contribution in [3.63, 3.8) is 0 Å². The van der Waals surface area contributed by atoms with Gasteiger partial charge < -0.3 is 10.5 Å². The number of anilines is 1. The molecule has 0 atom stereocenters. The van der Waals surface area contributed by atoms with Gasteiger partial charge in [0, 0.05) is 30.1 Å². The van der Waals surface area contributed by atoms with Gasteiger partial charge in [0.25, 0.3) is 5.56 Å². The molecule has 3 aromatic rings. The molecule has 2 N–H and O–H groups in total. The second kappa shape index (κ2) is 6.54. The molecule has 6 heteroatoms. The number of aryl methyl sites for hydroxylation is 1. The number of pyridine rings is 1. The van der Waals surface area contributed by atoms with E-state index in [4.69, 9.17) is 10.5 Å². The quantitative estimate of drug-likeness (QED) is 0.798. The first kappa shape index (κ1) is 15.7. The molecule has 6 nitrogen and oxygen atoms in total. The van der Waals surface area contributed by atoms with Crippen molar-refractivity contribution in [2.45, 2.75) is 13.5 Å². The zero-order valence-corrected chi connectivity index (χ0v) is 13.6. The van der Waals surface area contributed by atoms with Gasteiger partial charge in [-0.3, -0.25) is 9.78 Å². The molecule has 0 aliphatic heterocycles. The van der Waals surface area contributed by atoms with E-state index in [0.717, 1.165) is 22.4 Å². The van der Waals surface area contributed by atoms with Crippen LogP contribution in [-0.4, -0.2) is 21.9 Å². The van der Waals surface area contributed by atoms with Crippen molar-refractivity contribution in [2.24, 2.45) is 0 Å². The van der Waals surface area contributed by atoms with Crippen LogP contribution in [0.3, 0.4) is 0 Å². The smallest absolute Gasteiger partial charge is 0.289 e. The van der Waals surface area contributed by atoms with Gasteiger partial charge in [-0.15, -0.1) is 0 Å². The Morgan fingerprint density at radius 2 is 2.00 bits per heavy atom. The van der Waals surface area contributed by atoms with Gasteiger partial charge in [-0.1, -0.05) is 18.2 Å². The van der Waals surface area contributed by atoms with Crippen LogP contribution in [0, 0.1) is 0 Å². The van der Waals surface area contributed by atoms with Crippen LogP contribution in [0.2, 0.25) is 0 Å². The monoisotopic (exact) mass is 322 g/mol. The Bertz CT molecular complexity index is 934. The molecule has 0 amide bonds. The minimum absolute atomic E-state index is 0.186. The standard InChI is InChI=1S/C18H18N4O2/c1-3-22-18(23)15(19)10-16(21-22)13-6-4-5-12(9-13)14-11-20-8-7-17(14)24-2/h4-11H,3,19H2,1-2H3. The second-order valence-corrected chi connectivity index (χ2v) is 5.26. The number of nitrogens with two attached hydrogens (primary N) is 1. The number of nitrogen functional groups attached to an aromatic ring is 1. The molecule has 0 unspecified atom stereocenters. The zero-order valence-electron chi connectivity index (χ0n) is 13.6. The van der Waals surface area contributed by atoms with Crippen LogP contribution in [0.5, 0.6) is 5.75 Å². The van der Waals surface area contributed by atoms with Crippen LogP contribution in [-0.2, 0) is 6.54 Å². The molecule has 1 aromatic carbocycles. The first-order chi connectivity index (χ1) is 11.6. The molecule has 0 aliphatic carbocycles. The van der Waals surface area contributed by atoms with E-state index in [1.54, 1.807) is 25.6 Å². The number of aromatic nitrogens is 3. The van der Waals surface area contributed by atoms with Crippen LogP contribution in [0.25, 0.3) is 22.4 Å². The van der Waals surface area contributed by atoms with Crippen molar-refractivity contribution in [1.82, 2.24) is 14.8 Å². The largest absolute Gasteiger partial charge is 0.496 e. The molecule has 2 aromatic heterocycles.